The smallest absolute Gasteiger partial charge is 0.228 e. The maximum atomic E-state index is 12.1. The van der Waals surface area contributed by atoms with Crippen molar-refractivity contribution in [1.29, 1.82) is 0 Å². The summed E-state index contributed by atoms with van der Waals surface area (Å²) in [5.74, 6) is 1.83. The molecule has 4 heterocycles. The van der Waals surface area contributed by atoms with Gasteiger partial charge in [0.25, 0.3) is 0 Å². The van der Waals surface area contributed by atoms with Gasteiger partial charge in [0.15, 0.2) is 11.5 Å². The Labute approximate surface area is 165 Å². The van der Waals surface area contributed by atoms with Crippen LogP contribution < -0.4 is 10.6 Å². The largest absolute Gasteiger partial charge is 0.373 e. The van der Waals surface area contributed by atoms with E-state index in [2.05, 4.69) is 30.7 Å². The average Bonchev–Trinajstić information content (AvgIpc) is 3.47. The number of carbonyl (C=O) groups is 1. The standard InChI is InChI=1S/C19H16ClN7O/c1-21-17-13-8-22-15(24-19(28)10-2-3-10)7-12(13)14(9-23-17)18-25-16-6-11(20)4-5-27(16)26-18/h4-10H,2-3H2,1H3,(H,21,23)(H,22,24,28). The number of rotatable bonds is 4. The molecule has 8 nitrogen and oxygen atoms in total. The Bertz CT molecular complexity index is 1230. The summed E-state index contributed by atoms with van der Waals surface area (Å²) in [5, 5.41) is 12.8. The van der Waals surface area contributed by atoms with Crippen molar-refractivity contribution in [1.82, 2.24) is 24.6 Å². The molecule has 1 amide bonds. The van der Waals surface area contributed by atoms with E-state index in [-0.39, 0.29) is 11.8 Å². The highest BCUT2D eigenvalue weighted by molar-refractivity contribution is 6.30. The second kappa shape index (κ2) is 6.42. The van der Waals surface area contributed by atoms with Crippen LogP contribution in [0.4, 0.5) is 11.6 Å². The first-order valence-electron chi connectivity index (χ1n) is 8.92. The number of nitrogens with one attached hydrogen (secondary N) is 2. The summed E-state index contributed by atoms with van der Waals surface area (Å²) < 4.78 is 1.66. The van der Waals surface area contributed by atoms with Crippen LogP contribution >= 0.6 is 11.6 Å². The Morgan fingerprint density at radius 2 is 2.07 bits per heavy atom. The third kappa shape index (κ3) is 2.91. The van der Waals surface area contributed by atoms with Gasteiger partial charge in [-0.15, -0.1) is 5.10 Å². The topological polar surface area (TPSA) is 97.1 Å². The Morgan fingerprint density at radius 3 is 2.86 bits per heavy atom. The van der Waals surface area contributed by atoms with Crippen LogP contribution in [-0.4, -0.2) is 37.5 Å². The predicted molar refractivity (Wildman–Crippen MR) is 107 cm³/mol. The first kappa shape index (κ1) is 16.9. The fraction of sp³-hybridized carbons (Fsp3) is 0.211. The normalized spacial score (nSPS) is 13.8. The number of hydrogen-bond acceptors (Lipinski definition) is 6. The van der Waals surface area contributed by atoms with Crippen LogP contribution in [0.5, 0.6) is 0 Å². The fourth-order valence-corrected chi connectivity index (χ4v) is 3.28. The summed E-state index contributed by atoms with van der Waals surface area (Å²) in [4.78, 5) is 25.5. The lowest BCUT2D eigenvalue weighted by Gasteiger charge is -2.10. The molecule has 28 heavy (non-hydrogen) atoms. The number of halogens is 1. The summed E-state index contributed by atoms with van der Waals surface area (Å²) in [6.45, 7) is 0. The molecule has 0 aliphatic heterocycles. The van der Waals surface area contributed by atoms with Gasteiger partial charge in [-0.05, 0) is 25.0 Å². The molecule has 0 bridgehead atoms. The molecular weight excluding hydrogens is 378 g/mol. The van der Waals surface area contributed by atoms with Gasteiger partial charge < -0.3 is 10.6 Å². The van der Waals surface area contributed by atoms with Crippen LogP contribution in [0.15, 0.2) is 36.8 Å². The van der Waals surface area contributed by atoms with Crippen LogP contribution in [0.2, 0.25) is 5.02 Å². The van der Waals surface area contributed by atoms with Crippen molar-refractivity contribution in [2.24, 2.45) is 5.92 Å². The maximum absolute atomic E-state index is 12.1. The molecule has 0 atom stereocenters. The van der Waals surface area contributed by atoms with E-state index in [1.165, 1.54) is 0 Å². The summed E-state index contributed by atoms with van der Waals surface area (Å²) >= 11 is 6.06. The molecular formula is C19H16ClN7O. The molecule has 0 unspecified atom stereocenters. The van der Waals surface area contributed by atoms with Crippen molar-refractivity contribution < 1.29 is 4.79 Å². The molecule has 0 aromatic carbocycles. The van der Waals surface area contributed by atoms with Gasteiger partial charge in [0.05, 0.1) is 0 Å². The second-order valence-corrected chi connectivity index (χ2v) is 7.17. The van der Waals surface area contributed by atoms with Crippen LogP contribution in [0.25, 0.3) is 27.8 Å². The van der Waals surface area contributed by atoms with E-state index in [0.717, 1.165) is 29.2 Å². The van der Waals surface area contributed by atoms with E-state index in [1.54, 1.807) is 42.3 Å². The van der Waals surface area contributed by atoms with Crippen molar-refractivity contribution in [2.45, 2.75) is 12.8 Å². The predicted octanol–water partition coefficient (Wildman–Crippen LogP) is 3.38. The first-order chi connectivity index (χ1) is 13.6. The van der Waals surface area contributed by atoms with Gasteiger partial charge in [-0.2, -0.15) is 0 Å². The lowest BCUT2D eigenvalue weighted by atomic mass is 10.1. The van der Waals surface area contributed by atoms with Crippen LogP contribution in [0.1, 0.15) is 12.8 Å². The molecule has 1 saturated carbocycles. The number of hydrogen-bond donors (Lipinski definition) is 2. The molecule has 4 aromatic rings. The molecule has 2 N–H and O–H groups in total. The third-order valence-corrected chi connectivity index (χ3v) is 4.98. The Kier molecular flexibility index (Phi) is 3.87. The summed E-state index contributed by atoms with van der Waals surface area (Å²) in [5.41, 5.74) is 1.39. The molecule has 1 aliphatic rings. The van der Waals surface area contributed by atoms with E-state index in [1.807, 2.05) is 6.07 Å². The van der Waals surface area contributed by atoms with E-state index in [0.29, 0.717) is 28.1 Å². The highest BCUT2D eigenvalue weighted by Gasteiger charge is 2.30. The van der Waals surface area contributed by atoms with Crippen molar-refractivity contribution in [3.63, 3.8) is 0 Å². The Morgan fingerprint density at radius 1 is 1.21 bits per heavy atom. The Balaban J connectivity index is 1.66. The lowest BCUT2D eigenvalue weighted by Crippen LogP contribution is -2.14. The highest BCUT2D eigenvalue weighted by Crippen LogP contribution is 2.33. The number of aromatic nitrogens is 5. The molecule has 140 valence electrons. The van der Waals surface area contributed by atoms with Crippen LogP contribution in [0.3, 0.4) is 0 Å². The number of fused-ring (bicyclic) bond motifs is 2. The van der Waals surface area contributed by atoms with E-state index in [4.69, 9.17) is 11.6 Å². The fourth-order valence-electron chi connectivity index (χ4n) is 3.13. The van der Waals surface area contributed by atoms with Gasteiger partial charge in [-0.3, -0.25) is 4.79 Å². The summed E-state index contributed by atoms with van der Waals surface area (Å²) in [7, 11) is 1.80. The van der Waals surface area contributed by atoms with Crippen LogP contribution in [0, 0.1) is 5.92 Å². The van der Waals surface area contributed by atoms with Gasteiger partial charge in [0.1, 0.15) is 11.6 Å². The zero-order chi connectivity index (χ0) is 19.3. The van der Waals surface area contributed by atoms with E-state index < -0.39 is 0 Å². The van der Waals surface area contributed by atoms with Crippen molar-refractivity contribution in [3.05, 3.63) is 41.8 Å². The molecule has 1 aliphatic carbocycles. The zero-order valence-electron chi connectivity index (χ0n) is 15.0. The van der Waals surface area contributed by atoms with E-state index >= 15 is 0 Å². The summed E-state index contributed by atoms with van der Waals surface area (Å²) in [6.07, 6.45) is 7.05. The van der Waals surface area contributed by atoms with Crippen molar-refractivity contribution in [2.75, 3.05) is 17.7 Å². The second-order valence-electron chi connectivity index (χ2n) is 6.73. The van der Waals surface area contributed by atoms with Gasteiger partial charge in [0.2, 0.25) is 5.91 Å². The summed E-state index contributed by atoms with van der Waals surface area (Å²) in [6, 6.07) is 5.34. The highest BCUT2D eigenvalue weighted by atomic mass is 35.5. The van der Waals surface area contributed by atoms with Gasteiger partial charge in [-0.25, -0.2) is 19.5 Å². The monoisotopic (exact) mass is 393 g/mol. The first-order valence-corrected chi connectivity index (χ1v) is 9.30. The average molecular weight is 394 g/mol. The van der Waals surface area contributed by atoms with Gasteiger partial charge in [0, 0.05) is 59.0 Å². The molecule has 9 heteroatoms. The molecule has 5 rings (SSSR count). The minimum absolute atomic E-state index is 0.0109. The van der Waals surface area contributed by atoms with Crippen molar-refractivity contribution >= 4 is 45.6 Å². The zero-order valence-corrected chi connectivity index (χ0v) is 15.7. The Hall–Kier alpha value is -3.26. The van der Waals surface area contributed by atoms with Crippen LogP contribution in [-0.2, 0) is 4.79 Å². The number of pyridine rings is 3. The van der Waals surface area contributed by atoms with Gasteiger partial charge >= 0.3 is 0 Å². The minimum Gasteiger partial charge on any atom is -0.373 e. The molecule has 0 radical (unpaired) electrons. The quantitative estimate of drug-likeness (QED) is 0.551. The molecule has 0 saturated heterocycles. The van der Waals surface area contributed by atoms with Gasteiger partial charge in [-0.1, -0.05) is 11.6 Å². The van der Waals surface area contributed by atoms with Crippen molar-refractivity contribution in [3.8, 4) is 11.4 Å². The third-order valence-electron chi connectivity index (χ3n) is 4.75. The number of anilines is 2. The number of nitrogens with zero attached hydrogens (tertiary/aromatic N) is 5. The van der Waals surface area contributed by atoms with E-state index in [9.17, 15) is 4.79 Å². The molecule has 0 spiro atoms. The number of amides is 1. The molecule has 1 fully saturated rings. The SMILES string of the molecule is CNc1ncc(-c2nc3cc(Cl)ccn3n2)c2cc(NC(=O)C3CC3)ncc12. The maximum Gasteiger partial charge on any atom is 0.228 e. The molecule has 4 aromatic heterocycles. The lowest BCUT2D eigenvalue weighted by molar-refractivity contribution is -0.117. The number of carbonyl (C=O) groups excluding carboxylic acids is 1. The minimum atomic E-state index is 0.0109.